The first-order valence-electron chi connectivity index (χ1n) is 9.50. The molecule has 28 heavy (non-hydrogen) atoms. The van der Waals surface area contributed by atoms with Crippen LogP contribution >= 0.6 is 0 Å². The van der Waals surface area contributed by atoms with E-state index in [4.69, 9.17) is 19.7 Å². The number of aliphatic hydroxyl groups excluding tert-OH is 2. The molecule has 4 N–H and O–H groups in total. The summed E-state index contributed by atoms with van der Waals surface area (Å²) in [5.74, 6) is -2.26. The van der Waals surface area contributed by atoms with Crippen molar-refractivity contribution < 1.29 is 39.5 Å². The van der Waals surface area contributed by atoms with Crippen LogP contribution in [0.25, 0.3) is 0 Å². The van der Waals surface area contributed by atoms with Gasteiger partial charge >= 0.3 is 11.9 Å². The summed E-state index contributed by atoms with van der Waals surface area (Å²) in [5, 5.41) is 36.1. The highest BCUT2D eigenvalue weighted by Gasteiger charge is 2.18. The first-order valence-corrected chi connectivity index (χ1v) is 9.50. The van der Waals surface area contributed by atoms with E-state index in [0.717, 1.165) is 38.5 Å². The first-order chi connectivity index (χ1) is 13.5. The number of carboxylic acids is 2. The summed E-state index contributed by atoms with van der Waals surface area (Å²) in [5.41, 5.74) is 1.34. The lowest BCUT2D eigenvalue weighted by Gasteiger charge is -2.13. The second-order valence-electron chi connectivity index (χ2n) is 6.47. The number of hydrogen-bond acceptors (Lipinski definition) is 6. The maximum Gasteiger partial charge on any atom is 0.335 e. The minimum absolute atomic E-state index is 0.0316. The number of carboxylic acid groups (broad SMARTS) is 2. The van der Waals surface area contributed by atoms with Crippen LogP contribution < -0.4 is 0 Å². The number of carbonyl (C=O) groups is 2. The molecular weight excluding hydrogens is 368 g/mol. The number of hydrogen-bond donors (Lipinski definition) is 4. The Bertz CT molecular complexity index is 565. The number of ether oxygens (including phenoxy) is 2. The van der Waals surface area contributed by atoms with Crippen LogP contribution in [0.4, 0.5) is 0 Å². The van der Waals surface area contributed by atoms with E-state index < -0.39 is 11.9 Å². The number of rotatable bonds is 16. The Morgan fingerprint density at radius 1 is 0.679 bits per heavy atom. The molecular formula is C20H30O8. The number of unbranched alkanes of at least 4 members (excludes halogenated alkanes) is 4. The molecule has 0 radical (unpaired) electrons. The van der Waals surface area contributed by atoms with Crippen LogP contribution in [0.1, 0.15) is 70.4 Å². The molecule has 0 aliphatic carbocycles. The molecule has 1 aromatic carbocycles. The van der Waals surface area contributed by atoms with Crippen molar-refractivity contribution >= 4 is 11.9 Å². The van der Waals surface area contributed by atoms with Crippen molar-refractivity contribution in [2.75, 3.05) is 26.8 Å². The number of aryl methyl sites for hydroxylation is 2. The van der Waals surface area contributed by atoms with Gasteiger partial charge in [0.15, 0.2) is 0 Å². The molecule has 1 rings (SSSR count). The summed E-state index contributed by atoms with van der Waals surface area (Å²) >= 11 is 0. The average molecular weight is 398 g/mol. The van der Waals surface area contributed by atoms with Gasteiger partial charge in [-0.1, -0.05) is 18.9 Å². The molecule has 1 aromatic rings. The van der Waals surface area contributed by atoms with Crippen molar-refractivity contribution in [1.29, 1.82) is 0 Å². The molecule has 0 aromatic heterocycles. The summed E-state index contributed by atoms with van der Waals surface area (Å²) in [6.45, 7) is 0.279. The van der Waals surface area contributed by atoms with Crippen molar-refractivity contribution in [3.05, 3.63) is 34.4 Å². The Balaban J connectivity index is 2.79. The van der Waals surface area contributed by atoms with Crippen LogP contribution in [0.15, 0.2) is 12.1 Å². The lowest BCUT2D eigenvalue weighted by Crippen LogP contribution is -2.10. The van der Waals surface area contributed by atoms with Crippen LogP contribution in [0.2, 0.25) is 0 Å². The fourth-order valence-corrected chi connectivity index (χ4v) is 3.03. The quantitative estimate of drug-likeness (QED) is 0.246. The van der Waals surface area contributed by atoms with Gasteiger partial charge < -0.3 is 29.9 Å². The minimum atomic E-state index is -1.13. The fourth-order valence-electron chi connectivity index (χ4n) is 3.03. The molecule has 0 amide bonds. The monoisotopic (exact) mass is 398 g/mol. The van der Waals surface area contributed by atoms with E-state index in [1.807, 2.05) is 0 Å². The highest BCUT2D eigenvalue weighted by atomic mass is 16.6. The highest BCUT2D eigenvalue weighted by Crippen LogP contribution is 2.22. The highest BCUT2D eigenvalue weighted by molar-refractivity contribution is 5.96. The summed E-state index contributed by atoms with van der Waals surface area (Å²) < 4.78 is 9.72. The largest absolute Gasteiger partial charge is 0.478 e. The fraction of sp³-hybridized carbons (Fsp3) is 0.600. The van der Waals surface area contributed by atoms with Gasteiger partial charge in [0, 0.05) is 13.2 Å². The molecule has 8 nitrogen and oxygen atoms in total. The summed E-state index contributed by atoms with van der Waals surface area (Å²) in [6, 6.07) is 2.97. The molecule has 0 fully saturated rings. The van der Waals surface area contributed by atoms with Gasteiger partial charge in [0.25, 0.3) is 0 Å². The standard InChI is InChI=1S/C20H30O8/c21-13-27-9-5-1-3-7-15-11-16(8-4-2-6-10-28-14-22)18(20(25)26)12-17(15)19(23)24/h11-12,21-22H,1-10,13-14H2,(H,23,24)(H,25,26). The lowest BCUT2D eigenvalue weighted by molar-refractivity contribution is -0.00309. The van der Waals surface area contributed by atoms with Crippen LogP contribution in [0.5, 0.6) is 0 Å². The predicted octanol–water partition coefficient (Wildman–Crippen LogP) is 2.44. The summed E-state index contributed by atoms with van der Waals surface area (Å²) in [4.78, 5) is 23.1. The van der Waals surface area contributed by atoms with Crippen LogP contribution in [0.3, 0.4) is 0 Å². The van der Waals surface area contributed by atoms with Gasteiger partial charge in [0.05, 0.1) is 11.1 Å². The average Bonchev–Trinajstić information content (AvgIpc) is 2.66. The summed E-state index contributed by atoms with van der Waals surface area (Å²) in [6.07, 6.45) is 5.74. The van der Waals surface area contributed by atoms with E-state index in [1.54, 1.807) is 6.07 Å². The molecule has 8 heteroatoms. The van der Waals surface area contributed by atoms with Crippen LogP contribution in [-0.2, 0) is 22.3 Å². The Hall–Kier alpha value is -2.00. The van der Waals surface area contributed by atoms with Gasteiger partial charge in [-0.25, -0.2) is 9.59 Å². The molecule has 0 saturated carbocycles. The molecule has 0 aliphatic heterocycles. The van der Waals surface area contributed by atoms with Crippen molar-refractivity contribution in [3.8, 4) is 0 Å². The van der Waals surface area contributed by atoms with E-state index in [9.17, 15) is 19.8 Å². The molecule has 158 valence electrons. The molecule has 0 spiro atoms. The lowest BCUT2D eigenvalue weighted by atomic mass is 9.92. The third-order valence-corrected chi connectivity index (χ3v) is 4.44. The van der Waals surface area contributed by atoms with Gasteiger partial charge in [-0.3, -0.25) is 0 Å². The van der Waals surface area contributed by atoms with Crippen LogP contribution in [-0.4, -0.2) is 59.2 Å². The van der Waals surface area contributed by atoms with E-state index >= 15 is 0 Å². The van der Waals surface area contributed by atoms with Gasteiger partial charge in [0.2, 0.25) is 0 Å². The van der Waals surface area contributed by atoms with E-state index in [1.165, 1.54) is 6.07 Å². The van der Waals surface area contributed by atoms with Crippen LogP contribution in [0, 0.1) is 0 Å². The number of aromatic carboxylic acids is 2. The van der Waals surface area contributed by atoms with E-state index in [2.05, 4.69) is 0 Å². The molecule has 0 saturated heterocycles. The maximum atomic E-state index is 11.6. The Morgan fingerprint density at radius 3 is 1.46 bits per heavy atom. The third-order valence-electron chi connectivity index (χ3n) is 4.44. The zero-order valence-corrected chi connectivity index (χ0v) is 16.1. The van der Waals surface area contributed by atoms with Gasteiger partial charge in [-0.05, 0) is 55.7 Å². The normalized spacial score (nSPS) is 10.9. The van der Waals surface area contributed by atoms with Crippen molar-refractivity contribution in [2.24, 2.45) is 0 Å². The Morgan fingerprint density at radius 2 is 1.11 bits per heavy atom. The first kappa shape index (κ1) is 24.0. The SMILES string of the molecule is O=C(O)c1cc(C(=O)O)c(CCCCCOCO)cc1CCCCCOCO. The molecule has 0 unspecified atom stereocenters. The van der Waals surface area contributed by atoms with Gasteiger partial charge in [-0.15, -0.1) is 0 Å². The Labute approximate surface area is 164 Å². The second-order valence-corrected chi connectivity index (χ2v) is 6.47. The van der Waals surface area contributed by atoms with Crippen molar-refractivity contribution in [1.82, 2.24) is 0 Å². The molecule has 0 heterocycles. The predicted molar refractivity (Wildman–Crippen MR) is 102 cm³/mol. The zero-order chi connectivity index (χ0) is 20.8. The second kappa shape index (κ2) is 14.1. The van der Waals surface area contributed by atoms with E-state index in [0.29, 0.717) is 37.2 Å². The maximum absolute atomic E-state index is 11.6. The van der Waals surface area contributed by atoms with Gasteiger partial charge in [-0.2, -0.15) is 0 Å². The topological polar surface area (TPSA) is 134 Å². The van der Waals surface area contributed by atoms with Gasteiger partial charge in [0.1, 0.15) is 13.6 Å². The Kier molecular flexibility index (Phi) is 12.1. The summed E-state index contributed by atoms with van der Waals surface area (Å²) in [7, 11) is 0. The van der Waals surface area contributed by atoms with E-state index in [-0.39, 0.29) is 24.7 Å². The number of benzene rings is 1. The smallest absolute Gasteiger partial charge is 0.335 e. The van der Waals surface area contributed by atoms with Crippen molar-refractivity contribution in [2.45, 2.75) is 51.4 Å². The zero-order valence-electron chi connectivity index (χ0n) is 16.1. The molecule has 0 aliphatic rings. The number of aliphatic hydroxyl groups is 2. The minimum Gasteiger partial charge on any atom is -0.478 e. The molecule has 0 bridgehead atoms. The third kappa shape index (κ3) is 8.79. The van der Waals surface area contributed by atoms with Crippen molar-refractivity contribution in [3.63, 3.8) is 0 Å². The molecule has 0 atom stereocenters.